The van der Waals surface area contributed by atoms with Crippen molar-refractivity contribution in [1.29, 1.82) is 0 Å². The first-order valence-corrected chi connectivity index (χ1v) is 9.60. The van der Waals surface area contributed by atoms with Crippen LogP contribution in [0.25, 0.3) is 0 Å². The van der Waals surface area contributed by atoms with Crippen LogP contribution < -0.4 is 5.32 Å². The Hall–Kier alpha value is -2.63. The third-order valence-electron chi connectivity index (χ3n) is 3.69. The van der Waals surface area contributed by atoms with E-state index in [1.807, 2.05) is 77.2 Å². The summed E-state index contributed by atoms with van der Waals surface area (Å²) in [4.78, 5) is 12.6. The predicted molar refractivity (Wildman–Crippen MR) is 125 cm³/mol. The molecular weight excluding hydrogens is 386 g/mol. The zero-order valence-corrected chi connectivity index (χ0v) is 18.9. The number of rotatable bonds is 7. The summed E-state index contributed by atoms with van der Waals surface area (Å²) in [5, 5.41) is 11.2. The number of imidazole rings is 1. The number of halogens is 1. The molecule has 1 heterocycles. The van der Waals surface area contributed by atoms with Crippen molar-refractivity contribution in [3.63, 3.8) is 0 Å². The Balaban J connectivity index is 0. The quantitative estimate of drug-likeness (QED) is 0.567. The van der Waals surface area contributed by atoms with Crippen molar-refractivity contribution in [1.82, 2.24) is 9.55 Å². The fourth-order valence-corrected chi connectivity index (χ4v) is 2.45. The Morgan fingerprint density at radius 2 is 1.83 bits per heavy atom. The third kappa shape index (κ3) is 10.5. The number of benzene rings is 1. The van der Waals surface area contributed by atoms with Gasteiger partial charge in [0, 0.05) is 36.8 Å². The smallest absolute Gasteiger partial charge is 0.131 e. The number of aliphatic hydroxyl groups is 1. The molecule has 0 saturated heterocycles. The van der Waals surface area contributed by atoms with E-state index in [0.29, 0.717) is 0 Å². The Bertz CT molecular complexity index is 737. The maximum absolute atomic E-state index is 8.00. The second kappa shape index (κ2) is 17.5. The van der Waals surface area contributed by atoms with Gasteiger partial charge in [0.25, 0.3) is 0 Å². The van der Waals surface area contributed by atoms with Crippen LogP contribution in [0.15, 0.2) is 67.4 Å². The summed E-state index contributed by atoms with van der Waals surface area (Å²) < 4.78 is 2.10. The van der Waals surface area contributed by atoms with E-state index < -0.39 is 0 Å². The van der Waals surface area contributed by atoms with Gasteiger partial charge in [0.05, 0.1) is 6.04 Å². The molecule has 6 heteroatoms. The normalized spacial score (nSPS) is 10.3. The van der Waals surface area contributed by atoms with E-state index in [-0.39, 0.29) is 6.04 Å². The predicted octanol–water partition coefficient (Wildman–Crippen LogP) is 5.67. The molecule has 0 radical (unpaired) electrons. The van der Waals surface area contributed by atoms with Crippen molar-refractivity contribution in [2.24, 2.45) is 7.05 Å². The first kappa shape index (κ1) is 28.6. The number of nitrogens with zero attached hydrogens (tertiary/aromatic N) is 2. The van der Waals surface area contributed by atoms with Crippen LogP contribution in [-0.2, 0) is 11.8 Å². The highest BCUT2D eigenvalue weighted by atomic mass is 35.5. The summed E-state index contributed by atoms with van der Waals surface area (Å²) >= 11 is 5.96. The first-order valence-electron chi connectivity index (χ1n) is 9.22. The van der Waals surface area contributed by atoms with Crippen LogP contribution in [0.4, 0.5) is 5.69 Å². The van der Waals surface area contributed by atoms with Crippen LogP contribution in [0.2, 0.25) is 5.02 Å². The van der Waals surface area contributed by atoms with Gasteiger partial charge in [-0.15, -0.1) is 0 Å². The maximum atomic E-state index is 8.00. The summed E-state index contributed by atoms with van der Waals surface area (Å²) in [5.74, 6) is 0.977. The number of aliphatic hydroxyl groups excluding tert-OH is 1. The van der Waals surface area contributed by atoms with Crippen LogP contribution in [0.3, 0.4) is 0 Å². The molecule has 0 aliphatic carbocycles. The molecule has 1 unspecified atom stereocenters. The van der Waals surface area contributed by atoms with Gasteiger partial charge in [-0.3, -0.25) is 0 Å². The molecule has 0 bridgehead atoms. The molecule has 0 amide bonds. The number of hydrogen-bond acceptors (Lipinski definition) is 4. The van der Waals surface area contributed by atoms with Gasteiger partial charge in [-0.05, 0) is 37.6 Å². The van der Waals surface area contributed by atoms with Gasteiger partial charge in [0.15, 0.2) is 0 Å². The number of allylic oxidation sites excluding steroid dienone is 3. The van der Waals surface area contributed by atoms with Crippen molar-refractivity contribution < 1.29 is 9.90 Å². The van der Waals surface area contributed by atoms with Gasteiger partial charge in [-0.1, -0.05) is 62.4 Å². The molecule has 0 aliphatic heterocycles. The minimum atomic E-state index is 0.0249. The molecule has 2 aromatic rings. The van der Waals surface area contributed by atoms with E-state index in [9.17, 15) is 0 Å². The largest absolute Gasteiger partial charge is 0.400 e. The van der Waals surface area contributed by atoms with Crippen LogP contribution in [0.5, 0.6) is 0 Å². The molecule has 0 spiro atoms. The highest BCUT2D eigenvalue weighted by Gasteiger charge is 2.17. The van der Waals surface area contributed by atoms with Crippen molar-refractivity contribution in [2.75, 3.05) is 12.4 Å². The SMILES string of the molecule is C=C/C=C\C(=C)CC(Nc1ccc(Cl)cc1)c1ncc(C)n1C.C=O.CC.CO. The maximum Gasteiger partial charge on any atom is 0.131 e. The van der Waals surface area contributed by atoms with Crippen LogP contribution in [-0.4, -0.2) is 28.6 Å². The fourth-order valence-electron chi connectivity index (χ4n) is 2.33. The molecule has 29 heavy (non-hydrogen) atoms. The number of carbonyl (C=O) groups is 1. The number of hydrogen-bond donors (Lipinski definition) is 2. The zero-order chi connectivity index (χ0) is 22.8. The second-order valence-electron chi connectivity index (χ2n) is 5.48. The van der Waals surface area contributed by atoms with Crippen molar-refractivity contribution in [2.45, 2.75) is 33.2 Å². The molecule has 1 atom stereocenters. The summed E-state index contributed by atoms with van der Waals surface area (Å²) in [6.45, 7) is 15.9. The second-order valence-corrected chi connectivity index (χ2v) is 5.91. The van der Waals surface area contributed by atoms with Crippen molar-refractivity contribution in [3.8, 4) is 0 Å². The van der Waals surface area contributed by atoms with Crippen LogP contribution >= 0.6 is 11.6 Å². The lowest BCUT2D eigenvalue weighted by atomic mass is 10.1. The van der Waals surface area contributed by atoms with Gasteiger partial charge in [0.1, 0.15) is 12.6 Å². The molecule has 0 fully saturated rings. The highest BCUT2D eigenvalue weighted by Crippen LogP contribution is 2.26. The first-order chi connectivity index (χ1) is 14.0. The minimum absolute atomic E-state index is 0.0249. The number of anilines is 1. The molecule has 0 aliphatic rings. The topological polar surface area (TPSA) is 67.2 Å². The number of carbonyl (C=O) groups excluding carboxylic acids is 1. The standard InChI is InChI=1S/C19H22ClN3.C2H6.CH4O.CH2O/c1-5-6-7-14(2)12-18(19-21-13-15(3)23(19)4)22-17-10-8-16(20)9-11-17;3*1-2/h5-11,13,18,22H,1-2,12H2,3-4H3;1-2H3;2H,1H3;1H2/b7-6-;;;. The van der Waals surface area contributed by atoms with Gasteiger partial charge < -0.3 is 19.8 Å². The molecule has 0 saturated carbocycles. The van der Waals surface area contributed by atoms with E-state index in [4.69, 9.17) is 21.5 Å². The van der Waals surface area contributed by atoms with Crippen molar-refractivity contribution in [3.05, 3.63) is 84.0 Å². The van der Waals surface area contributed by atoms with Crippen LogP contribution in [0, 0.1) is 6.92 Å². The lowest BCUT2D eigenvalue weighted by molar-refractivity contribution is -0.0979. The van der Waals surface area contributed by atoms with Gasteiger partial charge in [-0.2, -0.15) is 0 Å². The summed E-state index contributed by atoms with van der Waals surface area (Å²) in [5.41, 5.74) is 3.13. The van der Waals surface area contributed by atoms with Gasteiger partial charge in [0.2, 0.25) is 0 Å². The third-order valence-corrected chi connectivity index (χ3v) is 3.94. The van der Waals surface area contributed by atoms with E-state index in [2.05, 4.69) is 28.0 Å². The van der Waals surface area contributed by atoms with E-state index in [1.54, 1.807) is 6.08 Å². The average Bonchev–Trinajstić information content (AvgIpc) is 3.10. The molecule has 5 nitrogen and oxygen atoms in total. The fraction of sp³-hybridized carbons (Fsp3) is 0.304. The summed E-state index contributed by atoms with van der Waals surface area (Å²) in [6.07, 6.45) is 8.24. The van der Waals surface area contributed by atoms with Gasteiger partial charge in [-0.25, -0.2) is 4.98 Å². The average molecular weight is 420 g/mol. The Labute approximate surface area is 180 Å². The van der Waals surface area contributed by atoms with E-state index >= 15 is 0 Å². The minimum Gasteiger partial charge on any atom is -0.400 e. The lowest BCUT2D eigenvalue weighted by Crippen LogP contribution is -2.16. The number of aryl methyl sites for hydroxylation is 1. The molecule has 2 N–H and O–H groups in total. The zero-order valence-electron chi connectivity index (χ0n) is 18.2. The molecule has 1 aromatic heterocycles. The van der Waals surface area contributed by atoms with Crippen LogP contribution in [0.1, 0.15) is 37.8 Å². The molecule has 160 valence electrons. The highest BCUT2D eigenvalue weighted by molar-refractivity contribution is 6.30. The molecular formula is C23H34ClN3O2. The monoisotopic (exact) mass is 419 g/mol. The number of aromatic nitrogens is 2. The summed E-state index contributed by atoms with van der Waals surface area (Å²) in [7, 11) is 3.02. The Morgan fingerprint density at radius 1 is 1.28 bits per heavy atom. The number of nitrogens with one attached hydrogen (secondary N) is 1. The Kier molecular flexibility index (Phi) is 17.2. The lowest BCUT2D eigenvalue weighted by Gasteiger charge is -2.20. The summed E-state index contributed by atoms with van der Waals surface area (Å²) in [6, 6.07) is 7.70. The van der Waals surface area contributed by atoms with E-state index in [1.165, 1.54) is 0 Å². The van der Waals surface area contributed by atoms with Gasteiger partial charge >= 0.3 is 0 Å². The van der Waals surface area contributed by atoms with Crippen molar-refractivity contribution >= 4 is 24.1 Å². The Morgan fingerprint density at radius 3 is 2.28 bits per heavy atom. The molecule has 1 aromatic carbocycles. The molecule has 2 rings (SSSR count). The van der Waals surface area contributed by atoms with E-state index in [0.717, 1.165) is 41.3 Å².